The monoisotopic (exact) mass is 252 g/mol. The van der Waals surface area contributed by atoms with E-state index in [0.717, 1.165) is 12.1 Å². The molecule has 2 unspecified atom stereocenters. The summed E-state index contributed by atoms with van der Waals surface area (Å²) < 4.78 is 0. The van der Waals surface area contributed by atoms with Crippen LogP contribution in [0.15, 0.2) is 0 Å². The summed E-state index contributed by atoms with van der Waals surface area (Å²) >= 11 is 0. The molecule has 1 saturated carbocycles. The Kier molecular flexibility index (Phi) is 5.08. The Morgan fingerprint density at radius 1 is 1.00 bits per heavy atom. The smallest absolute Gasteiger partial charge is 0.0190 e. The van der Waals surface area contributed by atoms with Crippen molar-refractivity contribution in [2.24, 2.45) is 0 Å². The first-order valence-electron chi connectivity index (χ1n) is 8.11. The Labute approximate surface area is 114 Å². The van der Waals surface area contributed by atoms with Crippen LogP contribution in [0.1, 0.15) is 71.6 Å². The summed E-state index contributed by atoms with van der Waals surface area (Å²) in [4.78, 5) is 2.76. The van der Waals surface area contributed by atoms with Gasteiger partial charge in [0.2, 0.25) is 0 Å². The van der Waals surface area contributed by atoms with Crippen molar-refractivity contribution in [3.63, 3.8) is 0 Å². The quantitative estimate of drug-likeness (QED) is 0.823. The van der Waals surface area contributed by atoms with Crippen LogP contribution in [0.2, 0.25) is 0 Å². The number of nitrogens with zero attached hydrogens (tertiary/aromatic N) is 1. The Morgan fingerprint density at radius 2 is 1.61 bits per heavy atom. The third-order valence-electron chi connectivity index (χ3n) is 5.57. The number of piperidine rings is 1. The van der Waals surface area contributed by atoms with Crippen LogP contribution in [0.4, 0.5) is 0 Å². The SMILES string of the molecule is CNC1(CCN2C(C)CCCC2C)CCCCC1. The number of hydrogen-bond donors (Lipinski definition) is 1. The first-order valence-corrected chi connectivity index (χ1v) is 8.11. The minimum atomic E-state index is 0.454. The Morgan fingerprint density at radius 3 is 2.17 bits per heavy atom. The van der Waals surface area contributed by atoms with Gasteiger partial charge in [0.1, 0.15) is 0 Å². The maximum absolute atomic E-state index is 3.66. The van der Waals surface area contributed by atoms with Gasteiger partial charge in [0.15, 0.2) is 0 Å². The van der Waals surface area contributed by atoms with Crippen LogP contribution in [-0.2, 0) is 0 Å². The van der Waals surface area contributed by atoms with Crippen molar-refractivity contribution in [1.29, 1.82) is 0 Å². The van der Waals surface area contributed by atoms with Crippen molar-refractivity contribution in [3.05, 3.63) is 0 Å². The highest BCUT2D eigenvalue weighted by Crippen LogP contribution is 2.32. The number of rotatable bonds is 4. The van der Waals surface area contributed by atoms with E-state index in [1.54, 1.807) is 0 Å². The van der Waals surface area contributed by atoms with Crippen molar-refractivity contribution in [1.82, 2.24) is 10.2 Å². The van der Waals surface area contributed by atoms with Gasteiger partial charge >= 0.3 is 0 Å². The molecule has 2 aliphatic rings. The molecule has 2 rings (SSSR count). The average molecular weight is 252 g/mol. The Bertz CT molecular complexity index is 235. The van der Waals surface area contributed by atoms with Crippen molar-refractivity contribution in [2.75, 3.05) is 13.6 Å². The molecule has 1 saturated heterocycles. The van der Waals surface area contributed by atoms with Crippen LogP contribution in [-0.4, -0.2) is 36.1 Å². The molecule has 0 radical (unpaired) electrons. The van der Waals surface area contributed by atoms with Crippen LogP contribution in [0.3, 0.4) is 0 Å². The molecule has 2 atom stereocenters. The molecule has 0 spiro atoms. The lowest BCUT2D eigenvalue weighted by Gasteiger charge is -2.43. The van der Waals surface area contributed by atoms with Gasteiger partial charge in [-0.1, -0.05) is 25.7 Å². The second-order valence-electron chi connectivity index (χ2n) is 6.71. The molecular weight excluding hydrogens is 220 g/mol. The third kappa shape index (κ3) is 3.27. The fourth-order valence-corrected chi connectivity index (χ4v) is 4.11. The molecule has 2 heteroatoms. The van der Waals surface area contributed by atoms with E-state index in [4.69, 9.17) is 0 Å². The standard InChI is InChI=1S/C16H32N2/c1-14-8-7-9-15(2)18(14)13-12-16(17-3)10-5-4-6-11-16/h14-15,17H,4-13H2,1-3H3. The van der Waals surface area contributed by atoms with Gasteiger partial charge in [-0.05, 0) is 53.0 Å². The van der Waals surface area contributed by atoms with E-state index in [0.29, 0.717) is 5.54 Å². The Hall–Kier alpha value is -0.0800. The summed E-state index contributed by atoms with van der Waals surface area (Å²) in [6.07, 6.45) is 12.6. The summed E-state index contributed by atoms with van der Waals surface area (Å²) in [5.41, 5.74) is 0.454. The molecule has 0 aromatic heterocycles. The molecule has 2 nitrogen and oxygen atoms in total. The second kappa shape index (κ2) is 6.38. The van der Waals surface area contributed by atoms with E-state index >= 15 is 0 Å². The van der Waals surface area contributed by atoms with E-state index in [1.807, 2.05) is 0 Å². The van der Waals surface area contributed by atoms with E-state index in [2.05, 4.69) is 31.1 Å². The minimum Gasteiger partial charge on any atom is -0.314 e. The van der Waals surface area contributed by atoms with Crippen LogP contribution >= 0.6 is 0 Å². The molecule has 1 aliphatic heterocycles. The topological polar surface area (TPSA) is 15.3 Å². The molecule has 18 heavy (non-hydrogen) atoms. The van der Waals surface area contributed by atoms with E-state index < -0.39 is 0 Å². The molecular formula is C16H32N2. The molecule has 2 fully saturated rings. The first-order chi connectivity index (χ1) is 8.67. The van der Waals surface area contributed by atoms with E-state index in [9.17, 15) is 0 Å². The van der Waals surface area contributed by atoms with Gasteiger partial charge in [0.05, 0.1) is 0 Å². The maximum Gasteiger partial charge on any atom is 0.0190 e. The van der Waals surface area contributed by atoms with Crippen molar-refractivity contribution in [2.45, 2.75) is 89.3 Å². The highest BCUT2D eigenvalue weighted by Gasteiger charge is 2.32. The largest absolute Gasteiger partial charge is 0.314 e. The normalized spacial score (nSPS) is 33.5. The zero-order valence-electron chi connectivity index (χ0n) is 12.7. The zero-order chi connectivity index (χ0) is 13.0. The third-order valence-corrected chi connectivity index (χ3v) is 5.57. The molecule has 106 valence electrons. The lowest BCUT2D eigenvalue weighted by Crippen LogP contribution is -2.50. The molecule has 0 amide bonds. The number of hydrogen-bond acceptors (Lipinski definition) is 2. The average Bonchev–Trinajstić information content (AvgIpc) is 2.39. The summed E-state index contributed by atoms with van der Waals surface area (Å²) in [6, 6.07) is 1.59. The van der Waals surface area contributed by atoms with Gasteiger partial charge in [0, 0.05) is 24.2 Å². The lowest BCUT2D eigenvalue weighted by molar-refractivity contribution is 0.0830. The van der Waals surface area contributed by atoms with Crippen molar-refractivity contribution in [3.8, 4) is 0 Å². The molecule has 0 bridgehead atoms. The van der Waals surface area contributed by atoms with Crippen LogP contribution in [0, 0.1) is 0 Å². The highest BCUT2D eigenvalue weighted by molar-refractivity contribution is 4.91. The maximum atomic E-state index is 3.66. The van der Waals surface area contributed by atoms with Crippen LogP contribution in [0.25, 0.3) is 0 Å². The summed E-state index contributed by atoms with van der Waals surface area (Å²) in [5.74, 6) is 0. The fraction of sp³-hybridized carbons (Fsp3) is 1.00. The molecule has 1 N–H and O–H groups in total. The molecule has 1 aliphatic carbocycles. The molecule has 0 aromatic carbocycles. The number of nitrogens with one attached hydrogen (secondary N) is 1. The van der Waals surface area contributed by atoms with E-state index in [-0.39, 0.29) is 0 Å². The van der Waals surface area contributed by atoms with Gasteiger partial charge in [-0.15, -0.1) is 0 Å². The lowest BCUT2D eigenvalue weighted by atomic mass is 9.79. The van der Waals surface area contributed by atoms with Crippen molar-refractivity contribution < 1.29 is 0 Å². The van der Waals surface area contributed by atoms with Gasteiger partial charge in [-0.2, -0.15) is 0 Å². The number of likely N-dealkylation sites (tertiary alicyclic amines) is 1. The zero-order valence-corrected chi connectivity index (χ0v) is 12.7. The van der Waals surface area contributed by atoms with Gasteiger partial charge in [-0.25, -0.2) is 0 Å². The summed E-state index contributed by atoms with van der Waals surface area (Å²) in [5, 5.41) is 3.66. The van der Waals surface area contributed by atoms with Crippen LogP contribution < -0.4 is 5.32 Å². The van der Waals surface area contributed by atoms with Crippen molar-refractivity contribution >= 4 is 0 Å². The van der Waals surface area contributed by atoms with Gasteiger partial charge in [0.25, 0.3) is 0 Å². The fourth-order valence-electron chi connectivity index (χ4n) is 4.11. The molecule has 1 heterocycles. The predicted molar refractivity (Wildman–Crippen MR) is 79.0 cm³/mol. The second-order valence-corrected chi connectivity index (χ2v) is 6.71. The predicted octanol–water partition coefficient (Wildman–Crippen LogP) is 3.56. The van der Waals surface area contributed by atoms with Gasteiger partial charge < -0.3 is 5.32 Å². The molecule has 0 aromatic rings. The first kappa shape index (κ1) is 14.3. The Balaban J connectivity index is 1.88. The minimum absolute atomic E-state index is 0.454. The van der Waals surface area contributed by atoms with E-state index in [1.165, 1.54) is 64.3 Å². The highest BCUT2D eigenvalue weighted by atomic mass is 15.2. The summed E-state index contributed by atoms with van der Waals surface area (Å²) in [7, 11) is 2.17. The van der Waals surface area contributed by atoms with Crippen LogP contribution in [0.5, 0.6) is 0 Å². The van der Waals surface area contributed by atoms with Gasteiger partial charge in [-0.3, -0.25) is 4.90 Å². The summed E-state index contributed by atoms with van der Waals surface area (Å²) in [6.45, 7) is 6.13.